The van der Waals surface area contributed by atoms with Gasteiger partial charge in [-0.05, 0) is 79.8 Å². The Kier molecular flexibility index (Phi) is 12.3. The van der Waals surface area contributed by atoms with Crippen molar-refractivity contribution in [1.82, 2.24) is 20.3 Å². The number of rotatable bonds is 12. The molecule has 0 heterocycles. The molecule has 0 aliphatic heterocycles. The standard InChI is InChI=1S/C37H55N5O5S/c1-23(2)29(22-24(3)33(43)41-48(46,47)30-21-20-28(38)26-18-14-15-19-27(26)30)42(10)35(45)32(36(4,5)6)40-34(44)31(39-9)37(7,8)25-16-12-11-13-17-25/h11-13,16-17,20-23,29,31-32,39H,14-15,18-19,38H2,1-10H3,(H,40,44)(H,41,43)/b24-22+. The van der Waals surface area contributed by atoms with E-state index in [-0.39, 0.29) is 28.2 Å². The Morgan fingerprint density at radius 3 is 2.04 bits per heavy atom. The molecule has 0 bridgehead atoms. The van der Waals surface area contributed by atoms with Crippen LogP contribution in [0.2, 0.25) is 0 Å². The van der Waals surface area contributed by atoms with Crippen molar-refractivity contribution in [3.8, 4) is 0 Å². The van der Waals surface area contributed by atoms with Crippen LogP contribution in [-0.4, -0.2) is 63.3 Å². The number of amides is 3. The topological polar surface area (TPSA) is 151 Å². The predicted molar refractivity (Wildman–Crippen MR) is 192 cm³/mol. The summed E-state index contributed by atoms with van der Waals surface area (Å²) >= 11 is 0. The molecular formula is C37H55N5O5S. The Hall–Kier alpha value is -3.70. The molecule has 1 aliphatic carbocycles. The number of nitrogens with two attached hydrogens (primary N) is 1. The molecular weight excluding hydrogens is 627 g/mol. The largest absolute Gasteiger partial charge is 0.398 e. The molecule has 1 aliphatic rings. The average molecular weight is 682 g/mol. The molecule has 48 heavy (non-hydrogen) atoms. The van der Waals surface area contributed by atoms with Crippen molar-refractivity contribution in [1.29, 1.82) is 0 Å². The van der Waals surface area contributed by atoms with E-state index in [4.69, 9.17) is 5.73 Å². The van der Waals surface area contributed by atoms with E-state index in [1.807, 2.05) is 78.8 Å². The van der Waals surface area contributed by atoms with E-state index in [1.54, 1.807) is 26.2 Å². The zero-order chi connectivity index (χ0) is 36.2. The molecule has 11 heteroatoms. The highest BCUT2D eigenvalue weighted by atomic mass is 32.2. The fourth-order valence-corrected chi connectivity index (χ4v) is 7.85. The number of sulfonamides is 1. The third-order valence-corrected chi connectivity index (χ3v) is 10.9. The van der Waals surface area contributed by atoms with Gasteiger partial charge in [0.2, 0.25) is 11.8 Å². The summed E-state index contributed by atoms with van der Waals surface area (Å²) in [6.07, 6.45) is 4.66. The highest BCUT2D eigenvalue weighted by Crippen LogP contribution is 2.32. The number of nitrogens with zero attached hydrogens (tertiary/aromatic N) is 1. The van der Waals surface area contributed by atoms with Crippen LogP contribution < -0.4 is 21.1 Å². The number of nitrogens with one attached hydrogen (secondary N) is 3. The zero-order valence-corrected chi connectivity index (χ0v) is 31.0. The molecule has 3 amide bonds. The lowest BCUT2D eigenvalue weighted by Crippen LogP contribution is -2.61. The maximum Gasteiger partial charge on any atom is 0.264 e. The van der Waals surface area contributed by atoms with Crippen LogP contribution in [0.1, 0.15) is 84.9 Å². The van der Waals surface area contributed by atoms with Crippen molar-refractivity contribution in [2.24, 2.45) is 11.3 Å². The van der Waals surface area contributed by atoms with E-state index in [2.05, 4.69) is 15.4 Å². The Morgan fingerprint density at radius 2 is 1.50 bits per heavy atom. The van der Waals surface area contributed by atoms with Crippen LogP contribution in [0.3, 0.4) is 0 Å². The van der Waals surface area contributed by atoms with Gasteiger partial charge in [-0.1, -0.05) is 84.9 Å². The summed E-state index contributed by atoms with van der Waals surface area (Å²) in [5.74, 6) is -1.55. The number of nitrogen functional groups attached to an aromatic ring is 1. The van der Waals surface area contributed by atoms with Crippen molar-refractivity contribution in [3.05, 3.63) is 70.8 Å². The van der Waals surface area contributed by atoms with Crippen LogP contribution in [-0.2, 0) is 42.7 Å². The van der Waals surface area contributed by atoms with E-state index in [0.717, 1.165) is 24.0 Å². The highest BCUT2D eigenvalue weighted by Gasteiger charge is 2.41. The number of carbonyl (C=O) groups excluding carboxylic acids is 3. The first kappa shape index (κ1) is 38.7. The van der Waals surface area contributed by atoms with Crippen LogP contribution in [0.4, 0.5) is 5.69 Å². The molecule has 0 saturated carbocycles. The summed E-state index contributed by atoms with van der Waals surface area (Å²) in [5.41, 5.74) is 8.07. The lowest BCUT2D eigenvalue weighted by Gasteiger charge is -2.40. The smallest absolute Gasteiger partial charge is 0.264 e. The van der Waals surface area contributed by atoms with Crippen LogP contribution in [0.5, 0.6) is 0 Å². The minimum Gasteiger partial charge on any atom is -0.398 e. The SMILES string of the molecule is CNC(C(=O)NC(C(=O)N(C)C(/C=C(\C)C(=O)NS(=O)(=O)c1ccc(N)c2c1CCCC2)C(C)C)C(C)(C)C)C(C)(C)c1ccccc1. The number of hydrogen-bond acceptors (Lipinski definition) is 7. The minimum atomic E-state index is -4.17. The maximum atomic E-state index is 14.2. The van der Waals surface area contributed by atoms with Gasteiger partial charge in [0, 0.05) is 23.7 Å². The lowest BCUT2D eigenvalue weighted by atomic mass is 9.76. The summed E-state index contributed by atoms with van der Waals surface area (Å²) in [6.45, 7) is 15.0. The Bertz CT molecular complexity index is 1630. The maximum absolute atomic E-state index is 14.2. The first-order valence-electron chi connectivity index (χ1n) is 16.7. The van der Waals surface area contributed by atoms with Crippen LogP contribution in [0, 0.1) is 11.3 Å². The molecule has 2 aromatic rings. The van der Waals surface area contributed by atoms with E-state index >= 15 is 0 Å². The normalized spacial score (nSPS) is 16.0. The molecule has 0 radical (unpaired) electrons. The first-order valence-corrected chi connectivity index (χ1v) is 18.2. The van der Waals surface area contributed by atoms with E-state index in [1.165, 1.54) is 17.9 Å². The molecule has 0 fully saturated rings. The third kappa shape index (κ3) is 8.66. The summed E-state index contributed by atoms with van der Waals surface area (Å²) in [6, 6.07) is 10.7. The minimum absolute atomic E-state index is 0.0688. The molecule has 0 spiro atoms. The van der Waals surface area contributed by atoms with Crippen molar-refractivity contribution < 1.29 is 22.8 Å². The number of anilines is 1. The fraction of sp³-hybridized carbons (Fsp3) is 0.541. The monoisotopic (exact) mass is 681 g/mol. The van der Waals surface area contributed by atoms with Gasteiger partial charge < -0.3 is 21.3 Å². The number of fused-ring (bicyclic) bond motifs is 1. The van der Waals surface area contributed by atoms with Crippen molar-refractivity contribution >= 4 is 33.4 Å². The number of carbonyl (C=O) groups is 3. The van der Waals surface area contributed by atoms with Gasteiger partial charge >= 0.3 is 0 Å². The molecule has 2 aromatic carbocycles. The van der Waals surface area contributed by atoms with Crippen LogP contribution in [0.25, 0.3) is 0 Å². The molecule has 3 rings (SSSR count). The van der Waals surface area contributed by atoms with Gasteiger partial charge in [-0.25, -0.2) is 13.1 Å². The number of benzene rings is 2. The Balaban J connectivity index is 1.85. The zero-order valence-electron chi connectivity index (χ0n) is 30.2. The molecule has 5 N–H and O–H groups in total. The average Bonchev–Trinajstić information content (AvgIpc) is 3.01. The van der Waals surface area contributed by atoms with Gasteiger partial charge in [0.05, 0.1) is 17.0 Å². The van der Waals surface area contributed by atoms with E-state index < -0.39 is 44.9 Å². The second-order valence-corrected chi connectivity index (χ2v) is 16.6. The van der Waals surface area contributed by atoms with E-state index in [9.17, 15) is 22.8 Å². The Morgan fingerprint density at radius 1 is 0.917 bits per heavy atom. The van der Waals surface area contributed by atoms with E-state index in [0.29, 0.717) is 24.1 Å². The van der Waals surface area contributed by atoms with Crippen molar-refractivity contribution in [3.63, 3.8) is 0 Å². The fourth-order valence-electron chi connectivity index (χ4n) is 6.53. The van der Waals surface area contributed by atoms with Gasteiger partial charge in [-0.15, -0.1) is 0 Å². The quantitative estimate of drug-likeness (QED) is 0.191. The molecule has 0 saturated heterocycles. The number of hydrogen-bond donors (Lipinski definition) is 4. The molecule has 3 unspecified atom stereocenters. The third-order valence-electron chi connectivity index (χ3n) is 9.49. The summed E-state index contributed by atoms with van der Waals surface area (Å²) in [5, 5.41) is 6.18. The van der Waals surface area contributed by atoms with Gasteiger partial charge in [0.15, 0.2) is 0 Å². The predicted octanol–water partition coefficient (Wildman–Crippen LogP) is 4.48. The Labute approximate surface area is 287 Å². The van der Waals surface area contributed by atoms with Gasteiger partial charge in [0.25, 0.3) is 15.9 Å². The molecule has 264 valence electrons. The van der Waals surface area contributed by atoms with Gasteiger partial charge in [-0.2, -0.15) is 0 Å². The second kappa shape index (κ2) is 15.2. The van der Waals surface area contributed by atoms with Crippen molar-refractivity contribution in [2.75, 3.05) is 19.8 Å². The highest BCUT2D eigenvalue weighted by molar-refractivity contribution is 7.90. The summed E-state index contributed by atoms with van der Waals surface area (Å²) < 4.78 is 29.1. The van der Waals surface area contributed by atoms with Crippen molar-refractivity contribution in [2.45, 2.75) is 110 Å². The summed E-state index contributed by atoms with van der Waals surface area (Å²) in [4.78, 5) is 42.9. The molecule has 10 nitrogen and oxygen atoms in total. The van der Waals surface area contributed by atoms with Crippen LogP contribution in [0.15, 0.2) is 59.0 Å². The number of likely N-dealkylation sites (N-methyl/N-ethyl adjacent to an activating group) is 2. The second-order valence-electron chi connectivity index (χ2n) is 14.9. The molecule has 3 atom stereocenters. The van der Waals surface area contributed by atoms with Gasteiger partial charge in [0.1, 0.15) is 6.04 Å². The first-order chi connectivity index (χ1) is 22.2. The van der Waals surface area contributed by atoms with Gasteiger partial charge in [-0.3, -0.25) is 14.4 Å². The lowest BCUT2D eigenvalue weighted by molar-refractivity contribution is -0.140. The van der Waals surface area contributed by atoms with Crippen LogP contribution >= 0.6 is 0 Å². The summed E-state index contributed by atoms with van der Waals surface area (Å²) in [7, 11) is -0.808. The molecule has 0 aromatic heterocycles.